The maximum absolute atomic E-state index is 5.72. The fourth-order valence-corrected chi connectivity index (χ4v) is 3.19. The van der Waals surface area contributed by atoms with E-state index < -0.39 is 0 Å². The van der Waals surface area contributed by atoms with Gasteiger partial charge in [0.25, 0.3) is 0 Å². The number of aromatic nitrogens is 1. The average molecular weight is 379 g/mol. The highest BCUT2D eigenvalue weighted by Crippen LogP contribution is 2.17. The van der Waals surface area contributed by atoms with Crippen LogP contribution in [-0.4, -0.2) is 44.3 Å². The van der Waals surface area contributed by atoms with Gasteiger partial charge in [0, 0.05) is 43.8 Å². The summed E-state index contributed by atoms with van der Waals surface area (Å²) in [6.07, 6.45) is 4.96. The third-order valence-electron chi connectivity index (χ3n) is 4.72. The Morgan fingerprint density at radius 1 is 0.929 bits per heavy atom. The predicted molar refractivity (Wildman–Crippen MR) is 117 cm³/mol. The largest absolute Gasteiger partial charge is 0.381 e. The summed E-state index contributed by atoms with van der Waals surface area (Å²) < 4.78 is 5.72. The lowest BCUT2D eigenvalue weighted by molar-refractivity contribution is 0.135. The van der Waals surface area contributed by atoms with Crippen molar-refractivity contribution in [3.63, 3.8) is 0 Å². The van der Waals surface area contributed by atoms with Gasteiger partial charge >= 0.3 is 0 Å². The molecule has 0 saturated heterocycles. The normalized spacial score (nSPS) is 11.7. The van der Waals surface area contributed by atoms with Gasteiger partial charge in [-0.2, -0.15) is 0 Å². The van der Waals surface area contributed by atoms with E-state index in [0.717, 1.165) is 51.5 Å². The standard InChI is InChI=1S/C23H30N4O/c1-24-23(25-14-7-16-28-17-13-19-8-3-2-4-9-19)26-15-12-20-18-27-22-11-6-5-10-21(20)22/h2-6,8-11,18,27H,7,12-17H2,1H3,(H2,24,25,26). The molecule has 3 aromatic rings. The van der Waals surface area contributed by atoms with Crippen molar-refractivity contribution >= 4 is 16.9 Å². The molecule has 0 amide bonds. The zero-order valence-corrected chi connectivity index (χ0v) is 16.6. The predicted octanol–water partition coefficient (Wildman–Crippen LogP) is 3.52. The van der Waals surface area contributed by atoms with Crippen LogP contribution in [0.2, 0.25) is 0 Å². The number of hydrogen-bond acceptors (Lipinski definition) is 2. The van der Waals surface area contributed by atoms with Crippen LogP contribution in [0.1, 0.15) is 17.5 Å². The van der Waals surface area contributed by atoms with Crippen LogP contribution in [0.3, 0.4) is 0 Å². The first-order valence-corrected chi connectivity index (χ1v) is 9.98. The van der Waals surface area contributed by atoms with E-state index in [0.29, 0.717) is 0 Å². The molecule has 3 N–H and O–H groups in total. The van der Waals surface area contributed by atoms with E-state index in [1.807, 2.05) is 6.07 Å². The lowest BCUT2D eigenvalue weighted by Crippen LogP contribution is -2.39. The van der Waals surface area contributed by atoms with Crippen molar-refractivity contribution < 1.29 is 4.74 Å². The van der Waals surface area contributed by atoms with Crippen molar-refractivity contribution in [2.75, 3.05) is 33.4 Å². The number of hydrogen-bond donors (Lipinski definition) is 3. The fraction of sp³-hybridized carbons (Fsp3) is 0.348. The van der Waals surface area contributed by atoms with E-state index in [2.05, 4.69) is 75.3 Å². The van der Waals surface area contributed by atoms with Crippen molar-refractivity contribution in [1.29, 1.82) is 0 Å². The summed E-state index contributed by atoms with van der Waals surface area (Å²) >= 11 is 0. The van der Waals surface area contributed by atoms with Crippen molar-refractivity contribution in [3.8, 4) is 0 Å². The second-order valence-electron chi connectivity index (χ2n) is 6.74. The quantitative estimate of drug-likeness (QED) is 0.287. The summed E-state index contributed by atoms with van der Waals surface area (Å²) in [6.45, 7) is 3.21. The summed E-state index contributed by atoms with van der Waals surface area (Å²) in [5.74, 6) is 0.837. The van der Waals surface area contributed by atoms with Crippen LogP contribution in [0, 0.1) is 0 Å². The number of aromatic amines is 1. The Balaban J connectivity index is 1.26. The van der Waals surface area contributed by atoms with Crippen LogP contribution in [0.25, 0.3) is 10.9 Å². The van der Waals surface area contributed by atoms with E-state index in [-0.39, 0.29) is 0 Å². The first-order valence-electron chi connectivity index (χ1n) is 9.98. The van der Waals surface area contributed by atoms with Crippen LogP contribution in [0.4, 0.5) is 0 Å². The summed E-state index contributed by atoms with van der Waals surface area (Å²) in [4.78, 5) is 7.61. The summed E-state index contributed by atoms with van der Waals surface area (Å²) in [5.41, 5.74) is 3.83. The highest BCUT2D eigenvalue weighted by molar-refractivity contribution is 5.83. The van der Waals surface area contributed by atoms with Gasteiger partial charge in [-0.15, -0.1) is 0 Å². The summed E-state index contributed by atoms with van der Waals surface area (Å²) in [7, 11) is 1.80. The molecule has 0 atom stereocenters. The molecule has 28 heavy (non-hydrogen) atoms. The number of fused-ring (bicyclic) bond motifs is 1. The topological polar surface area (TPSA) is 61.4 Å². The number of guanidine groups is 1. The van der Waals surface area contributed by atoms with Gasteiger partial charge in [0.05, 0.1) is 6.61 Å². The van der Waals surface area contributed by atoms with E-state index >= 15 is 0 Å². The van der Waals surface area contributed by atoms with Crippen LogP contribution in [0.15, 0.2) is 65.8 Å². The third-order valence-corrected chi connectivity index (χ3v) is 4.72. The number of nitrogens with one attached hydrogen (secondary N) is 3. The Bertz CT molecular complexity index is 857. The van der Waals surface area contributed by atoms with E-state index in [1.54, 1.807) is 7.05 Å². The minimum atomic E-state index is 0.756. The van der Waals surface area contributed by atoms with Crippen molar-refractivity contribution in [1.82, 2.24) is 15.6 Å². The molecule has 0 unspecified atom stereocenters. The van der Waals surface area contributed by atoms with Gasteiger partial charge < -0.3 is 20.4 Å². The van der Waals surface area contributed by atoms with E-state index in [9.17, 15) is 0 Å². The number of aliphatic imine (C=N–C) groups is 1. The molecule has 3 rings (SSSR count). The average Bonchev–Trinajstić information content (AvgIpc) is 3.15. The molecule has 0 bridgehead atoms. The number of nitrogens with zero attached hydrogens (tertiary/aromatic N) is 1. The number of para-hydroxylation sites is 1. The van der Waals surface area contributed by atoms with Crippen LogP contribution < -0.4 is 10.6 Å². The monoisotopic (exact) mass is 378 g/mol. The molecule has 1 heterocycles. The molecular weight excluding hydrogens is 348 g/mol. The molecule has 5 heteroatoms. The van der Waals surface area contributed by atoms with Crippen LogP contribution in [-0.2, 0) is 17.6 Å². The lowest BCUT2D eigenvalue weighted by Gasteiger charge is -2.12. The van der Waals surface area contributed by atoms with Gasteiger partial charge in [0.15, 0.2) is 5.96 Å². The lowest BCUT2D eigenvalue weighted by atomic mass is 10.1. The van der Waals surface area contributed by atoms with Gasteiger partial charge in [0.1, 0.15) is 0 Å². The zero-order chi connectivity index (χ0) is 19.4. The summed E-state index contributed by atoms with van der Waals surface area (Å²) in [5, 5.41) is 8.02. The molecule has 0 saturated carbocycles. The van der Waals surface area contributed by atoms with Gasteiger partial charge in [-0.25, -0.2) is 0 Å². The second kappa shape index (κ2) is 11.1. The first-order chi connectivity index (χ1) is 13.9. The smallest absolute Gasteiger partial charge is 0.190 e. The number of ether oxygens (including phenoxy) is 1. The van der Waals surface area contributed by atoms with Crippen molar-refractivity contribution in [3.05, 3.63) is 71.9 Å². The minimum Gasteiger partial charge on any atom is -0.381 e. The molecule has 0 spiro atoms. The molecule has 0 aliphatic heterocycles. The number of benzene rings is 2. The molecule has 1 aromatic heterocycles. The second-order valence-corrected chi connectivity index (χ2v) is 6.74. The number of rotatable bonds is 10. The van der Waals surface area contributed by atoms with Gasteiger partial charge in [-0.05, 0) is 36.5 Å². The highest BCUT2D eigenvalue weighted by Gasteiger charge is 2.03. The van der Waals surface area contributed by atoms with E-state index in [4.69, 9.17) is 4.74 Å². The Kier molecular flexibility index (Phi) is 7.94. The Hall–Kier alpha value is -2.79. The van der Waals surface area contributed by atoms with Crippen LogP contribution in [0.5, 0.6) is 0 Å². The molecule has 5 nitrogen and oxygen atoms in total. The molecule has 0 fully saturated rings. The van der Waals surface area contributed by atoms with Crippen molar-refractivity contribution in [2.24, 2.45) is 4.99 Å². The van der Waals surface area contributed by atoms with Gasteiger partial charge in [-0.1, -0.05) is 48.5 Å². The van der Waals surface area contributed by atoms with E-state index in [1.165, 1.54) is 22.0 Å². The third kappa shape index (κ3) is 6.13. The maximum Gasteiger partial charge on any atom is 0.190 e. The molecule has 148 valence electrons. The zero-order valence-electron chi connectivity index (χ0n) is 16.6. The maximum atomic E-state index is 5.72. The molecule has 2 aromatic carbocycles. The Labute approximate surface area is 167 Å². The van der Waals surface area contributed by atoms with Crippen LogP contribution >= 0.6 is 0 Å². The first kappa shape index (κ1) is 20.0. The summed E-state index contributed by atoms with van der Waals surface area (Å²) in [6, 6.07) is 18.8. The SMILES string of the molecule is CN=C(NCCCOCCc1ccccc1)NCCc1c[nH]c2ccccc12. The van der Waals surface area contributed by atoms with Crippen molar-refractivity contribution in [2.45, 2.75) is 19.3 Å². The molecular formula is C23H30N4O. The molecule has 0 aliphatic carbocycles. The number of H-pyrrole nitrogens is 1. The molecule has 0 aliphatic rings. The fourth-order valence-electron chi connectivity index (χ4n) is 3.19. The molecule has 0 radical (unpaired) electrons. The Morgan fingerprint density at radius 3 is 2.57 bits per heavy atom. The highest BCUT2D eigenvalue weighted by atomic mass is 16.5. The van der Waals surface area contributed by atoms with Gasteiger partial charge in [0.2, 0.25) is 0 Å². The minimum absolute atomic E-state index is 0.756. The Morgan fingerprint density at radius 2 is 1.71 bits per heavy atom. The van der Waals surface area contributed by atoms with Gasteiger partial charge in [-0.3, -0.25) is 4.99 Å².